The number of nitrogens with zero attached hydrogens (tertiary/aromatic N) is 2. The fourth-order valence-electron chi connectivity index (χ4n) is 2.76. The smallest absolute Gasteiger partial charge is 0.239 e. The van der Waals surface area contributed by atoms with Gasteiger partial charge in [-0.25, -0.2) is 0 Å². The van der Waals surface area contributed by atoms with Crippen LogP contribution in [-0.2, 0) is 4.79 Å². The highest BCUT2D eigenvalue weighted by Crippen LogP contribution is 2.18. The molecule has 1 saturated heterocycles. The lowest BCUT2D eigenvalue weighted by atomic mass is 10.1. The second-order valence-corrected chi connectivity index (χ2v) is 5.60. The van der Waals surface area contributed by atoms with Crippen LogP contribution in [-0.4, -0.2) is 55.0 Å². The van der Waals surface area contributed by atoms with Crippen LogP contribution < -0.4 is 5.73 Å². The molecular formula is C14H30ClN3O. The van der Waals surface area contributed by atoms with Gasteiger partial charge in [-0.1, -0.05) is 20.3 Å². The number of rotatable bonds is 7. The number of hydrogen-bond acceptors (Lipinski definition) is 3. The van der Waals surface area contributed by atoms with Crippen molar-refractivity contribution in [2.45, 2.75) is 45.6 Å². The Morgan fingerprint density at radius 2 is 2.11 bits per heavy atom. The van der Waals surface area contributed by atoms with Gasteiger partial charge in [0.1, 0.15) is 0 Å². The molecule has 0 spiro atoms. The molecule has 1 heterocycles. The van der Waals surface area contributed by atoms with Gasteiger partial charge in [-0.2, -0.15) is 0 Å². The van der Waals surface area contributed by atoms with E-state index in [2.05, 4.69) is 25.8 Å². The molecule has 0 aliphatic carbocycles. The van der Waals surface area contributed by atoms with E-state index in [9.17, 15) is 4.79 Å². The first-order valence-electron chi connectivity index (χ1n) is 7.31. The van der Waals surface area contributed by atoms with E-state index in [-0.39, 0.29) is 24.4 Å². The standard InChI is InChI=1S/C14H29N3O.ClH/c1-4-6-13(15)14(18)17-9-7-12(11-17)10-16(3)8-5-2;/h12-13H,4-11,15H2,1-3H3;1H. The Balaban J connectivity index is 0.00000324. The SMILES string of the molecule is CCCC(N)C(=O)N1CCC(CN(C)CCC)C1.Cl. The lowest BCUT2D eigenvalue weighted by molar-refractivity contribution is -0.131. The predicted molar refractivity (Wildman–Crippen MR) is 82.6 cm³/mol. The Kier molecular flexibility index (Phi) is 9.40. The average Bonchev–Trinajstić information content (AvgIpc) is 2.77. The minimum Gasteiger partial charge on any atom is -0.341 e. The zero-order valence-corrected chi connectivity index (χ0v) is 13.4. The third-order valence-corrected chi connectivity index (χ3v) is 3.69. The molecule has 19 heavy (non-hydrogen) atoms. The zero-order valence-electron chi connectivity index (χ0n) is 12.6. The molecule has 2 atom stereocenters. The van der Waals surface area contributed by atoms with Gasteiger partial charge in [-0.15, -0.1) is 12.4 Å². The normalized spacial score (nSPS) is 20.5. The highest BCUT2D eigenvalue weighted by molar-refractivity contribution is 5.85. The van der Waals surface area contributed by atoms with Crippen molar-refractivity contribution in [3.8, 4) is 0 Å². The van der Waals surface area contributed by atoms with Gasteiger partial charge >= 0.3 is 0 Å². The van der Waals surface area contributed by atoms with Crippen LogP contribution in [0, 0.1) is 5.92 Å². The fourth-order valence-corrected chi connectivity index (χ4v) is 2.76. The lowest BCUT2D eigenvalue weighted by Gasteiger charge is -2.22. The van der Waals surface area contributed by atoms with Gasteiger partial charge in [-0.05, 0) is 38.8 Å². The minimum atomic E-state index is -0.290. The third kappa shape index (κ3) is 6.11. The number of amides is 1. The van der Waals surface area contributed by atoms with Crippen LogP contribution in [0.4, 0.5) is 0 Å². The summed E-state index contributed by atoms with van der Waals surface area (Å²) < 4.78 is 0. The van der Waals surface area contributed by atoms with Crippen LogP contribution in [0.1, 0.15) is 39.5 Å². The summed E-state index contributed by atoms with van der Waals surface area (Å²) in [6.45, 7) is 8.29. The summed E-state index contributed by atoms with van der Waals surface area (Å²) in [7, 11) is 2.16. The zero-order chi connectivity index (χ0) is 13.5. The largest absolute Gasteiger partial charge is 0.341 e. The molecule has 2 unspecified atom stereocenters. The van der Waals surface area contributed by atoms with Crippen molar-refractivity contribution in [1.82, 2.24) is 9.80 Å². The van der Waals surface area contributed by atoms with Crippen LogP contribution in [0.25, 0.3) is 0 Å². The van der Waals surface area contributed by atoms with Gasteiger partial charge in [0, 0.05) is 19.6 Å². The number of carbonyl (C=O) groups is 1. The molecule has 1 fully saturated rings. The Bertz CT molecular complexity index is 263. The molecule has 5 heteroatoms. The number of likely N-dealkylation sites (tertiary alicyclic amines) is 1. The van der Waals surface area contributed by atoms with Gasteiger partial charge in [-0.3, -0.25) is 4.79 Å². The third-order valence-electron chi connectivity index (χ3n) is 3.69. The van der Waals surface area contributed by atoms with Gasteiger partial charge in [0.2, 0.25) is 5.91 Å². The quantitative estimate of drug-likeness (QED) is 0.777. The highest BCUT2D eigenvalue weighted by Gasteiger charge is 2.29. The Morgan fingerprint density at radius 1 is 1.42 bits per heavy atom. The van der Waals surface area contributed by atoms with E-state index in [1.165, 1.54) is 6.42 Å². The Hall–Kier alpha value is -0.320. The first-order valence-corrected chi connectivity index (χ1v) is 7.31. The Labute approximate surface area is 124 Å². The van der Waals surface area contributed by atoms with E-state index < -0.39 is 0 Å². The van der Waals surface area contributed by atoms with Crippen molar-refractivity contribution in [3.05, 3.63) is 0 Å². The molecule has 1 rings (SSSR count). The van der Waals surface area contributed by atoms with Gasteiger partial charge in [0.25, 0.3) is 0 Å². The van der Waals surface area contributed by atoms with E-state index in [1.54, 1.807) is 0 Å². The van der Waals surface area contributed by atoms with Crippen molar-refractivity contribution in [3.63, 3.8) is 0 Å². The first kappa shape index (κ1) is 18.7. The number of carbonyl (C=O) groups excluding carboxylic acids is 1. The molecule has 0 bridgehead atoms. The van der Waals surface area contributed by atoms with Gasteiger partial charge in [0.05, 0.1) is 6.04 Å². The van der Waals surface area contributed by atoms with Crippen molar-refractivity contribution in [1.29, 1.82) is 0 Å². The molecule has 4 nitrogen and oxygen atoms in total. The molecule has 0 radical (unpaired) electrons. The monoisotopic (exact) mass is 291 g/mol. The topological polar surface area (TPSA) is 49.6 Å². The summed E-state index contributed by atoms with van der Waals surface area (Å²) in [6.07, 6.45) is 4.09. The molecule has 0 aromatic heterocycles. The number of nitrogens with two attached hydrogens (primary N) is 1. The van der Waals surface area contributed by atoms with E-state index in [0.29, 0.717) is 5.92 Å². The summed E-state index contributed by atoms with van der Waals surface area (Å²) in [5.41, 5.74) is 5.90. The van der Waals surface area contributed by atoms with Crippen molar-refractivity contribution < 1.29 is 4.79 Å². The summed E-state index contributed by atoms with van der Waals surface area (Å²) >= 11 is 0. The molecule has 1 aliphatic rings. The molecule has 0 saturated carbocycles. The first-order chi connectivity index (χ1) is 8.58. The fraction of sp³-hybridized carbons (Fsp3) is 0.929. The second kappa shape index (κ2) is 9.56. The summed E-state index contributed by atoms with van der Waals surface area (Å²) in [5, 5.41) is 0. The molecule has 2 N–H and O–H groups in total. The summed E-state index contributed by atoms with van der Waals surface area (Å²) in [6, 6.07) is -0.290. The predicted octanol–water partition coefficient (Wildman–Crippen LogP) is 1.73. The summed E-state index contributed by atoms with van der Waals surface area (Å²) in [4.78, 5) is 16.4. The highest BCUT2D eigenvalue weighted by atomic mass is 35.5. The van der Waals surface area contributed by atoms with Crippen LogP contribution in [0.5, 0.6) is 0 Å². The van der Waals surface area contributed by atoms with E-state index in [4.69, 9.17) is 5.73 Å². The maximum atomic E-state index is 12.1. The minimum absolute atomic E-state index is 0. The maximum Gasteiger partial charge on any atom is 0.239 e. The van der Waals surface area contributed by atoms with Gasteiger partial charge in [0.15, 0.2) is 0 Å². The van der Waals surface area contributed by atoms with E-state index in [1.807, 2.05) is 4.90 Å². The maximum absolute atomic E-state index is 12.1. The number of halogens is 1. The van der Waals surface area contributed by atoms with E-state index in [0.717, 1.165) is 45.4 Å². The number of hydrogen-bond donors (Lipinski definition) is 1. The average molecular weight is 292 g/mol. The lowest BCUT2D eigenvalue weighted by Crippen LogP contribution is -2.43. The van der Waals surface area contributed by atoms with E-state index >= 15 is 0 Å². The van der Waals surface area contributed by atoms with Crippen molar-refractivity contribution >= 4 is 18.3 Å². The van der Waals surface area contributed by atoms with Crippen molar-refractivity contribution in [2.75, 3.05) is 33.2 Å². The molecule has 1 aliphatic heterocycles. The second-order valence-electron chi connectivity index (χ2n) is 5.60. The molecular weight excluding hydrogens is 262 g/mol. The van der Waals surface area contributed by atoms with Crippen LogP contribution in [0.2, 0.25) is 0 Å². The van der Waals surface area contributed by atoms with Crippen molar-refractivity contribution in [2.24, 2.45) is 11.7 Å². The van der Waals surface area contributed by atoms with Crippen LogP contribution >= 0.6 is 12.4 Å². The van der Waals surface area contributed by atoms with Crippen LogP contribution in [0.3, 0.4) is 0 Å². The summed E-state index contributed by atoms with van der Waals surface area (Å²) in [5.74, 6) is 0.775. The van der Waals surface area contributed by atoms with Gasteiger partial charge < -0.3 is 15.5 Å². The van der Waals surface area contributed by atoms with Crippen LogP contribution in [0.15, 0.2) is 0 Å². The Morgan fingerprint density at radius 3 is 2.68 bits per heavy atom. The molecule has 0 aromatic rings. The molecule has 0 aromatic carbocycles. The molecule has 1 amide bonds. The molecule has 114 valence electrons.